The second-order valence-corrected chi connectivity index (χ2v) is 5.37. The first-order valence-corrected chi connectivity index (χ1v) is 6.63. The van der Waals surface area contributed by atoms with Gasteiger partial charge in [-0.3, -0.25) is 0 Å². The molecule has 1 aromatic rings. The van der Waals surface area contributed by atoms with Gasteiger partial charge in [0.2, 0.25) is 0 Å². The van der Waals surface area contributed by atoms with Crippen LogP contribution >= 0.6 is 11.3 Å². The van der Waals surface area contributed by atoms with Gasteiger partial charge in [0.25, 0.3) is 0 Å². The van der Waals surface area contributed by atoms with Crippen molar-refractivity contribution in [3.63, 3.8) is 0 Å². The van der Waals surface area contributed by atoms with Gasteiger partial charge in [-0.1, -0.05) is 13.8 Å². The van der Waals surface area contributed by atoms with E-state index in [1.165, 1.54) is 16.2 Å². The molecule has 0 fully saturated rings. The van der Waals surface area contributed by atoms with Crippen LogP contribution in [-0.2, 0) is 6.54 Å². The van der Waals surface area contributed by atoms with Crippen LogP contribution in [0.15, 0.2) is 6.20 Å². The van der Waals surface area contributed by atoms with E-state index in [1.807, 2.05) is 13.8 Å². The van der Waals surface area contributed by atoms with Crippen molar-refractivity contribution in [2.75, 3.05) is 18.0 Å². The summed E-state index contributed by atoms with van der Waals surface area (Å²) in [5.41, 5.74) is 0. The van der Waals surface area contributed by atoms with Crippen molar-refractivity contribution in [2.45, 2.75) is 39.5 Å². The Labute approximate surface area is 109 Å². The Morgan fingerprint density at radius 3 is 2.61 bits per heavy atom. The molecule has 3 nitrogen and oxygen atoms in total. The number of nitrogens with zero attached hydrogens (tertiary/aromatic N) is 2. The zero-order valence-electron chi connectivity index (χ0n) is 10.7. The van der Waals surface area contributed by atoms with Crippen LogP contribution in [0.25, 0.3) is 0 Å². The molecule has 0 unspecified atom stereocenters. The normalized spacial score (nSPS) is 12.2. The summed E-state index contributed by atoms with van der Waals surface area (Å²) < 4.78 is 37.1. The molecule has 1 aromatic heterocycles. The maximum atomic E-state index is 12.4. The first-order chi connectivity index (χ1) is 8.31. The molecule has 0 atom stereocenters. The average molecular weight is 281 g/mol. The highest BCUT2D eigenvalue weighted by molar-refractivity contribution is 7.15. The summed E-state index contributed by atoms with van der Waals surface area (Å²) in [6, 6.07) is 0.341. The number of thiazole rings is 1. The van der Waals surface area contributed by atoms with Crippen LogP contribution in [0.4, 0.5) is 18.3 Å². The summed E-state index contributed by atoms with van der Waals surface area (Å²) in [4.78, 5) is 6.24. The predicted octanol–water partition coefficient (Wildman–Crippen LogP) is 3.03. The number of anilines is 1. The fourth-order valence-electron chi connectivity index (χ4n) is 1.36. The third-order valence-corrected chi connectivity index (χ3v) is 3.31. The fourth-order valence-corrected chi connectivity index (χ4v) is 2.28. The summed E-state index contributed by atoms with van der Waals surface area (Å²) in [6.07, 6.45) is -2.56. The van der Waals surface area contributed by atoms with E-state index in [2.05, 4.69) is 10.3 Å². The summed E-state index contributed by atoms with van der Waals surface area (Å²) in [5, 5.41) is 3.64. The van der Waals surface area contributed by atoms with Crippen LogP contribution in [0.1, 0.15) is 25.6 Å². The molecule has 0 bridgehead atoms. The van der Waals surface area contributed by atoms with Crippen molar-refractivity contribution in [3.05, 3.63) is 11.1 Å². The Bertz CT molecular complexity index is 363. The smallest absolute Gasteiger partial charge is 0.339 e. The maximum absolute atomic E-state index is 12.4. The first-order valence-electron chi connectivity index (χ1n) is 5.81. The number of hydrogen-bond acceptors (Lipinski definition) is 4. The van der Waals surface area contributed by atoms with E-state index in [-0.39, 0.29) is 0 Å². The summed E-state index contributed by atoms with van der Waals surface area (Å²) in [7, 11) is 0. The number of rotatable bonds is 6. The molecule has 18 heavy (non-hydrogen) atoms. The molecule has 0 saturated carbocycles. The minimum Gasteiger partial charge on any atom is -0.339 e. The maximum Gasteiger partial charge on any atom is 0.406 e. The molecule has 0 amide bonds. The highest BCUT2D eigenvalue weighted by Crippen LogP contribution is 2.26. The first kappa shape index (κ1) is 15.2. The van der Waals surface area contributed by atoms with E-state index < -0.39 is 12.7 Å². The van der Waals surface area contributed by atoms with Gasteiger partial charge in [-0.15, -0.1) is 11.3 Å². The van der Waals surface area contributed by atoms with Gasteiger partial charge < -0.3 is 10.2 Å². The van der Waals surface area contributed by atoms with Gasteiger partial charge in [0.15, 0.2) is 5.13 Å². The Balaban J connectivity index is 2.64. The van der Waals surface area contributed by atoms with Crippen LogP contribution in [0.3, 0.4) is 0 Å². The van der Waals surface area contributed by atoms with Crippen molar-refractivity contribution in [1.82, 2.24) is 10.3 Å². The summed E-state index contributed by atoms with van der Waals surface area (Å²) in [6.45, 7) is 5.71. The molecule has 0 aliphatic carbocycles. The minimum atomic E-state index is -4.20. The van der Waals surface area contributed by atoms with E-state index in [0.717, 1.165) is 4.88 Å². The minimum absolute atomic E-state index is 0.296. The van der Waals surface area contributed by atoms with Crippen molar-refractivity contribution in [1.29, 1.82) is 0 Å². The number of halogens is 3. The van der Waals surface area contributed by atoms with Gasteiger partial charge in [-0.2, -0.15) is 13.2 Å². The second-order valence-electron chi connectivity index (χ2n) is 4.27. The van der Waals surface area contributed by atoms with E-state index in [0.29, 0.717) is 24.3 Å². The molecular formula is C11H18F3N3S. The fraction of sp³-hybridized carbons (Fsp3) is 0.727. The Hall–Kier alpha value is -0.820. The third kappa shape index (κ3) is 5.22. The van der Waals surface area contributed by atoms with Gasteiger partial charge in [0.05, 0.1) is 0 Å². The van der Waals surface area contributed by atoms with Crippen molar-refractivity contribution in [3.8, 4) is 0 Å². The van der Waals surface area contributed by atoms with Crippen LogP contribution in [0, 0.1) is 0 Å². The molecule has 0 spiro atoms. The Kier molecular flexibility index (Phi) is 5.40. The van der Waals surface area contributed by atoms with Crippen LogP contribution in [0.2, 0.25) is 0 Å². The molecule has 0 aliphatic heterocycles. The monoisotopic (exact) mass is 281 g/mol. The zero-order valence-corrected chi connectivity index (χ0v) is 11.5. The average Bonchev–Trinajstić information content (AvgIpc) is 2.70. The van der Waals surface area contributed by atoms with Crippen molar-refractivity contribution < 1.29 is 13.2 Å². The van der Waals surface area contributed by atoms with Gasteiger partial charge in [0.1, 0.15) is 6.54 Å². The molecule has 104 valence electrons. The lowest BCUT2D eigenvalue weighted by Gasteiger charge is -2.21. The van der Waals surface area contributed by atoms with Gasteiger partial charge >= 0.3 is 6.18 Å². The second kappa shape index (κ2) is 6.38. The Morgan fingerprint density at radius 2 is 2.11 bits per heavy atom. The van der Waals surface area contributed by atoms with Gasteiger partial charge in [-0.25, -0.2) is 4.98 Å². The molecule has 0 saturated heterocycles. The van der Waals surface area contributed by atoms with E-state index in [1.54, 1.807) is 13.1 Å². The Morgan fingerprint density at radius 1 is 1.44 bits per heavy atom. The molecule has 1 rings (SSSR count). The SMILES string of the molecule is CCN(CC(F)(F)F)c1ncc(CNC(C)C)s1. The third-order valence-electron chi connectivity index (χ3n) is 2.25. The zero-order chi connectivity index (χ0) is 13.8. The molecule has 0 aliphatic rings. The highest BCUT2D eigenvalue weighted by atomic mass is 32.1. The lowest BCUT2D eigenvalue weighted by molar-refractivity contribution is -0.119. The lowest BCUT2D eigenvalue weighted by atomic mass is 10.4. The summed E-state index contributed by atoms with van der Waals surface area (Å²) >= 11 is 1.30. The predicted molar refractivity (Wildman–Crippen MR) is 68.0 cm³/mol. The van der Waals surface area contributed by atoms with Crippen LogP contribution < -0.4 is 10.2 Å². The molecule has 0 aromatic carbocycles. The van der Waals surface area contributed by atoms with Crippen LogP contribution in [0.5, 0.6) is 0 Å². The lowest BCUT2D eigenvalue weighted by Crippen LogP contribution is -2.33. The van der Waals surface area contributed by atoms with Crippen molar-refractivity contribution >= 4 is 16.5 Å². The van der Waals surface area contributed by atoms with E-state index in [4.69, 9.17) is 0 Å². The molecule has 1 N–H and O–H groups in total. The number of nitrogens with one attached hydrogen (secondary N) is 1. The topological polar surface area (TPSA) is 28.2 Å². The standard InChI is InChI=1S/C11H18F3N3S/c1-4-17(7-11(12,13)14)10-16-6-9(18-10)5-15-8(2)3/h6,8,15H,4-5,7H2,1-3H3. The molecule has 7 heteroatoms. The van der Waals surface area contributed by atoms with Gasteiger partial charge in [-0.05, 0) is 6.92 Å². The molecule has 0 radical (unpaired) electrons. The summed E-state index contributed by atoms with van der Waals surface area (Å²) in [5.74, 6) is 0. The largest absolute Gasteiger partial charge is 0.406 e. The van der Waals surface area contributed by atoms with E-state index in [9.17, 15) is 13.2 Å². The number of aromatic nitrogens is 1. The van der Waals surface area contributed by atoms with E-state index >= 15 is 0 Å². The quantitative estimate of drug-likeness (QED) is 0.868. The highest BCUT2D eigenvalue weighted by Gasteiger charge is 2.31. The van der Waals surface area contributed by atoms with Crippen LogP contribution in [-0.4, -0.2) is 30.3 Å². The van der Waals surface area contributed by atoms with Gasteiger partial charge in [0, 0.05) is 30.2 Å². The molecular weight excluding hydrogens is 263 g/mol. The number of alkyl halides is 3. The number of hydrogen-bond donors (Lipinski definition) is 1. The van der Waals surface area contributed by atoms with Crippen molar-refractivity contribution in [2.24, 2.45) is 0 Å². The molecule has 1 heterocycles.